The molecule has 1 fully saturated rings. The fourth-order valence-electron chi connectivity index (χ4n) is 4.55. The SMILES string of the molecule is CN1CCC(N(C)Cc2cn(Cc3ccccc3)nc2-c2ccc3c(c2)OCO3)CC1. The number of likely N-dealkylation sites (tertiary alicyclic amines) is 1. The minimum Gasteiger partial charge on any atom is -0.454 e. The van der Waals surface area contributed by atoms with E-state index in [1.165, 1.54) is 24.0 Å². The van der Waals surface area contributed by atoms with Gasteiger partial charge in [0.2, 0.25) is 6.79 Å². The molecule has 0 bridgehead atoms. The summed E-state index contributed by atoms with van der Waals surface area (Å²) in [7, 11) is 4.45. The molecule has 3 aromatic rings. The van der Waals surface area contributed by atoms with Crippen LogP contribution in [0.2, 0.25) is 0 Å². The Morgan fingerprint density at radius 1 is 1.03 bits per heavy atom. The Labute approximate surface area is 184 Å². The normalized spacial score (nSPS) is 16.9. The first-order valence-corrected chi connectivity index (χ1v) is 11.0. The molecule has 5 rings (SSSR count). The molecule has 0 unspecified atom stereocenters. The molecule has 0 radical (unpaired) electrons. The van der Waals surface area contributed by atoms with Gasteiger partial charge in [-0.25, -0.2) is 0 Å². The summed E-state index contributed by atoms with van der Waals surface area (Å²) in [4.78, 5) is 4.91. The third-order valence-electron chi connectivity index (χ3n) is 6.40. The van der Waals surface area contributed by atoms with E-state index in [0.29, 0.717) is 6.04 Å². The summed E-state index contributed by atoms with van der Waals surface area (Å²) in [5.74, 6) is 1.60. The van der Waals surface area contributed by atoms with Crippen molar-refractivity contribution in [1.82, 2.24) is 19.6 Å². The van der Waals surface area contributed by atoms with Crippen molar-refractivity contribution in [2.45, 2.75) is 32.0 Å². The number of hydrogen-bond donors (Lipinski definition) is 0. The number of aromatic nitrogens is 2. The minimum atomic E-state index is 0.285. The van der Waals surface area contributed by atoms with E-state index in [1.807, 2.05) is 12.1 Å². The topological polar surface area (TPSA) is 42.8 Å². The van der Waals surface area contributed by atoms with E-state index in [4.69, 9.17) is 14.6 Å². The summed E-state index contributed by atoms with van der Waals surface area (Å²) in [6.07, 6.45) is 4.63. The zero-order chi connectivity index (χ0) is 21.2. The molecule has 162 valence electrons. The predicted molar refractivity (Wildman–Crippen MR) is 121 cm³/mol. The standard InChI is InChI=1S/C25H30N4O2/c1-27-12-10-22(11-13-27)28(2)16-21-17-29(15-19-6-4-3-5-7-19)26-25(21)20-8-9-23-24(14-20)31-18-30-23/h3-9,14,17,22H,10-13,15-16,18H2,1-2H3. The van der Waals surface area contributed by atoms with Crippen molar-refractivity contribution >= 4 is 0 Å². The van der Waals surface area contributed by atoms with Gasteiger partial charge in [-0.2, -0.15) is 5.10 Å². The molecule has 0 spiro atoms. The Hall–Kier alpha value is -2.83. The van der Waals surface area contributed by atoms with Gasteiger partial charge in [-0.3, -0.25) is 9.58 Å². The van der Waals surface area contributed by atoms with E-state index in [9.17, 15) is 0 Å². The lowest BCUT2D eigenvalue weighted by Crippen LogP contribution is -2.41. The number of ether oxygens (including phenoxy) is 2. The van der Waals surface area contributed by atoms with Gasteiger partial charge in [-0.05, 0) is 63.8 Å². The van der Waals surface area contributed by atoms with E-state index in [0.717, 1.165) is 48.9 Å². The molecule has 0 amide bonds. The summed E-state index contributed by atoms with van der Waals surface area (Å²) in [5, 5.41) is 5.00. The van der Waals surface area contributed by atoms with Gasteiger partial charge in [0.05, 0.1) is 12.2 Å². The van der Waals surface area contributed by atoms with Crippen LogP contribution in [0.15, 0.2) is 54.7 Å². The maximum absolute atomic E-state index is 5.62. The van der Waals surface area contributed by atoms with Gasteiger partial charge in [0, 0.05) is 29.9 Å². The Kier molecular flexibility index (Phi) is 5.66. The number of nitrogens with zero attached hydrogens (tertiary/aromatic N) is 4. The molecule has 2 aromatic carbocycles. The largest absolute Gasteiger partial charge is 0.454 e. The summed E-state index contributed by atoms with van der Waals surface area (Å²) in [6, 6.07) is 17.2. The monoisotopic (exact) mass is 418 g/mol. The highest BCUT2D eigenvalue weighted by Crippen LogP contribution is 2.36. The molecule has 1 saturated heterocycles. The first-order valence-electron chi connectivity index (χ1n) is 11.0. The lowest BCUT2D eigenvalue weighted by atomic mass is 10.0. The maximum Gasteiger partial charge on any atom is 0.231 e. The van der Waals surface area contributed by atoms with Crippen molar-refractivity contribution in [2.75, 3.05) is 34.0 Å². The van der Waals surface area contributed by atoms with Crippen molar-refractivity contribution < 1.29 is 9.47 Å². The molecule has 0 N–H and O–H groups in total. The maximum atomic E-state index is 5.62. The summed E-state index contributed by atoms with van der Waals surface area (Å²) in [5.41, 5.74) is 4.59. The highest BCUT2D eigenvalue weighted by molar-refractivity contribution is 5.67. The van der Waals surface area contributed by atoms with Crippen LogP contribution < -0.4 is 9.47 Å². The van der Waals surface area contributed by atoms with Crippen LogP contribution in [0.1, 0.15) is 24.0 Å². The van der Waals surface area contributed by atoms with Crippen LogP contribution >= 0.6 is 0 Å². The van der Waals surface area contributed by atoms with Gasteiger partial charge in [-0.15, -0.1) is 0 Å². The average molecular weight is 419 g/mol. The van der Waals surface area contributed by atoms with Crippen LogP contribution in [0.5, 0.6) is 11.5 Å². The van der Waals surface area contributed by atoms with Gasteiger partial charge < -0.3 is 14.4 Å². The molecule has 31 heavy (non-hydrogen) atoms. The van der Waals surface area contributed by atoms with Crippen LogP contribution in [0.25, 0.3) is 11.3 Å². The third kappa shape index (κ3) is 4.45. The van der Waals surface area contributed by atoms with Gasteiger partial charge in [-0.1, -0.05) is 30.3 Å². The lowest BCUT2D eigenvalue weighted by Gasteiger charge is -2.35. The van der Waals surface area contributed by atoms with E-state index in [1.54, 1.807) is 0 Å². The van der Waals surface area contributed by atoms with Crippen LogP contribution in [0, 0.1) is 0 Å². The highest BCUT2D eigenvalue weighted by atomic mass is 16.7. The molecule has 3 heterocycles. The number of hydrogen-bond acceptors (Lipinski definition) is 5. The Balaban J connectivity index is 1.43. The van der Waals surface area contributed by atoms with Gasteiger partial charge >= 0.3 is 0 Å². The van der Waals surface area contributed by atoms with Crippen molar-refractivity contribution in [3.63, 3.8) is 0 Å². The fraction of sp³-hybridized carbons (Fsp3) is 0.400. The predicted octanol–water partition coefficient (Wildman–Crippen LogP) is 3.85. The van der Waals surface area contributed by atoms with Gasteiger partial charge in [0.25, 0.3) is 0 Å². The zero-order valence-electron chi connectivity index (χ0n) is 18.3. The molecular formula is C25H30N4O2. The van der Waals surface area contributed by atoms with E-state index in [-0.39, 0.29) is 6.79 Å². The average Bonchev–Trinajstić information content (AvgIpc) is 3.41. The summed E-state index contributed by atoms with van der Waals surface area (Å²) >= 11 is 0. The van der Waals surface area contributed by atoms with E-state index in [2.05, 4.69) is 71.2 Å². The van der Waals surface area contributed by atoms with Gasteiger partial charge in [0.1, 0.15) is 0 Å². The van der Waals surface area contributed by atoms with E-state index < -0.39 is 0 Å². The first kappa shape index (κ1) is 20.1. The molecule has 0 saturated carbocycles. The fourth-order valence-corrected chi connectivity index (χ4v) is 4.55. The molecule has 0 atom stereocenters. The molecule has 6 nitrogen and oxygen atoms in total. The van der Waals surface area contributed by atoms with Crippen LogP contribution in [-0.4, -0.2) is 59.6 Å². The molecule has 1 aromatic heterocycles. The summed E-state index contributed by atoms with van der Waals surface area (Å²) in [6.45, 7) is 4.25. The van der Waals surface area contributed by atoms with E-state index >= 15 is 0 Å². The van der Waals surface area contributed by atoms with Gasteiger partial charge in [0.15, 0.2) is 11.5 Å². The lowest BCUT2D eigenvalue weighted by molar-refractivity contribution is 0.139. The molecule has 6 heteroatoms. The van der Waals surface area contributed by atoms with Crippen molar-refractivity contribution in [2.24, 2.45) is 0 Å². The quantitative estimate of drug-likeness (QED) is 0.608. The van der Waals surface area contributed by atoms with Crippen molar-refractivity contribution in [3.05, 3.63) is 65.9 Å². The second-order valence-electron chi connectivity index (χ2n) is 8.70. The Morgan fingerprint density at radius 3 is 2.61 bits per heavy atom. The third-order valence-corrected chi connectivity index (χ3v) is 6.40. The number of benzene rings is 2. The highest BCUT2D eigenvalue weighted by Gasteiger charge is 2.23. The van der Waals surface area contributed by atoms with Crippen LogP contribution in [0.4, 0.5) is 0 Å². The zero-order valence-corrected chi connectivity index (χ0v) is 18.3. The minimum absolute atomic E-state index is 0.285. The van der Waals surface area contributed by atoms with Crippen LogP contribution in [0.3, 0.4) is 0 Å². The molecule has 2 aliphatic heterocycles. The molecule has 0 aliphatic carbocycles. The number of piperidine rings is 1. The summed E-state index contributed by atoms with van der Waals surface area (Å²) < 4.78 is 13.2. The smallest absolute Gasteiger partial charge is 0.231 e. The Bertz CT molecular complexity index is 1030. The Morgan fingerprint density at radius 2 is 1.81 bits per heavy atom. The first-order chi connectivity index (χ1) is 15.2. The molecular weight excluding hydrogens is 388 g/mol. The molecule has 2 aliphatic rings. The van der Waals surface area contributed by atoms with Crippen molar-refractivity contribution in [3.8, 4) is 22.8 Å². The van der Waals surface area contributed by atoms with Crippen LogP contribution in [-0.2, 0) is 13.1 Å². The second kappa shape index (κ2) is 8.73. The second-order valence-corrected chi connectivity index (χ2v) is 8.70. The number of rotatable bonds is 6. The van der Waals surface area contributed by atoms with Crippen molar-refractivity contribution in [1.29, 1.82) is 0 Å². The number of fused-ring (bicyclic) bond motifs is 1.